The van der Waals surface area contributed by atoms with Crippen LogP contribution in [0.15, 0.2) is 30.3 Å². The van der Waals surface area contributed by atoms with Crippen molar-refractivity contribution in [3.63, 3.8) is 0 Å². The van der Waals surface area contributed by atoms with E-state index in [1.807, 2.05) is 23.5 Å². The predicted molar refractivity (Wildman–Crippen MR) is 119 cm³/mol. The largest absolute Gasteiger partial charge is 0.448 e. The van der Waals surface area contributed by atoms with E-state index in [1.165, 1.54) is 21.6 Å². The molecule has 0 atom stereocenters. The first-order valence-electron chi connectivity index (χ1n) is 9.99. The quantitative estimate of drug-likeness (QED) is 0.243. The maximum absolute atomic E-state index is 11.6. The van der Waals surface area contributed by atoms with Gasteiger partial charge in [-0.05, 0) is 5.56 Å². The number of imide groups is 2. The van der Waals surface area contributed by atoms with E-state index in [9.17, 15) is 24.0 Å². The van der Waals surface area contributed by atoms with Gasteiger partial charge in [0.1, 0.15) is 13.2 Å². The summed E-state index contributed by atoms with van der Waals surface area (Å²) in [7, 11) is 2.93. The van der Waals surface area contributed by atoms with Crippen LogP contribution >= 0.6 is 21.6 Å². The van der Waals surface area contributed by atoms with Crippen molar-refractivity contribution in [1.82, 2.24) is 10.4 Å². The molecule has 11 nitrogen and oxygen atoms in total. The number of amides is 4. The third kappa shape index (κ3) is 11.1. The first kappa shape index (κ1) is 26.5. The summed E-state index contributed by atoms with van der Waals surface area (Å²) >= 11 is 0. The molecule has 33 heavy (non-hydrogen) atoms. The zero-order valence-electron chi connectivity index (χ0n) is 17.7. The summed E-state index contributed by atoms with van der Waals surface area (Å²) in [6.45, 7) is 0.634. The Morgan fingerprint density at radius 3 is 2.21 bits per heavy atom. The number of rotatable bonds is 13. The zero-order chi connectivity index (χ0) is 23.9. The summed E-state index contributed by atoms with van der Waals surface area (Å²) in [6.07, 6.45) is -1.74. The van der Waals surface area contributed by atoms with Crippen LogP contribution in [0.25, 0.3) is 0 Å². The van der Waals surface area contributed by atoms with Gasteiger partial charge in [0.25, 0.3) is 11.8 Å². The molecular formula is C20H24N2O9S2. The minimum atomic E-state index is -0.884. The molecular weight excluding hydrogens is 476 g/mol. The Hall–Kier alpha value is -2.77. The summed E-state index contributed by atoms with van der Waals surface area (Å²) in [5.74, 6) is -0.623. The second-order valence-corrected chi connectivity index (χ2v) is 9.08. The van der Waals surface area contributed by atoms with E-state index in [4.69, 9.17) is 19.0 Å². The van der Waals surface area contributed by atoms with Gasteiger partial charge >= 0.3 is 18.2 Å². The minimum Gasteiger partial charge on any atom is -0.448 e. The number of hydrogen-bond acceptors (Lipinski definition) is 11. The summed E-state index contributed by atoms with van der Waals surface area (Å²) in [6, 6.07) is 9.05. The van der Waals surface area contributed by atoms with E-state index >= 15 is 0 Å². The van der Waals surface area contributed by atoms with E-state index in [0.717, 1.165) is 5.56 Å². The highest BCUT2D eigenvalue weighted by Crippen LogP contribution is 2.20. The number of nitrogens with one attached hydrogen (secondary N) is 1. The third-order valence-corrected chi connectivity index (χ3v) is 6.19. The first-order valence-corrected chi connectivity index (χ1v) is 12.5. The third-order valence-electron chi connectivity index (χ3n) is 3.86. The molecule has 2 rings (SSSR count). The molecule has 4 amide bonds. The fourth-order valence-electron chi connectivity index (χ4n) is 2.32. The van der Waals surface area contributed by atoms with Gasteiger partial charge in [-0.2, -0.15) is 0 Å². The highest BCUT2D eigenvalue weighted by atomic mass is 33.1. The van der Waals surface area contributed by atoms with Crippen molar-refractivity contribution >= 4 is 51.6 Å². The van der Waals surface area contributed by atoms with E-state index in [0.29, 0.717) is 23.2 Å². The van der Waals surface area contributed by atoms with E-state index in [2.05, 4.69) is 0 Å². The normalized spacial score (nSPS) is 13.0. The van der Waals surface area contributed by atoms with Gasteiger partial charge in [-0.15, -0.1) is 5.06 Å². The molecule has 1 saturated heterocycles. The monoisotopic (exact) mass is 500 g/mol. The highest BCUT2D eigenvalue weighted by Gasteiger charge is 2.32. The number of benzene rings is 1. The molecule has 1 heterocycles. The minimum absolute atomic E-state index is 0.0491. The van der Waals surface area contributed by atoms with Crippen molar-refractivity contribution in [2.75, 3.05) is 31.3 Å². The lowest BCUT2D eigenvalue weighted by atomic mass is 10.2. The lowest BCUT2D eigenvalue weighted by Gasteiger charge is -2.12. The molecule has 1 fully saturated rings. The van der Waals surface area contributed by atoms with Crippen LogP contribution in [0.1, 0.15) is 24.8 Å². The average molecular weight is 501 g/mol. The van der Waals surface area contributed by atoms with Crippen LogP contribution in [-0.4, -0.2) is 66.4 Å². The van der Waals surface area contributed by atoms with Gasteiger partial charge in [-0.25, -0.2) is 19.7 Å². The van der Waals surface area contributed by atoms with E-state index < -0.39 is 30.0 Å². The molecule has 0 aliphatic carbocycles. The first-order chi connectivity index (χ1) is 16.0. The molecule has 180 valence electrons. The number of carbonyl (C=O) groups excluding carboxylic acids is 5. The van der Waals surface area contributed by atoms with Gasteiger partial charge in [0.05, 0.1) is 19.6 Å². The van der Waals surface area contributed by atoms with Crippen LogP contribution in [0, 0.1) is 0 Å². The van der Waals surface area contributed by atoms with Gasteiger partial charge < -0.3 is 19.0 Å². The fourth-order valence-corrected chi connectivity index (χ4v) is 4.01. The molecule has 0 unspecified atom stereocenters. The van der Waals surface area contributed by atoms with E-state index in [-0.39, 0.29) is 39.1 Å². The standard InChI is InChI=1S/C20H24N2O9S2/c23-16-6-7-17(24)22(16)31-18(25)8-9-28-10-12-32-33-13-11-29-19(26)21-20(27)30-14-15-4-2-1-3-5-15/h1-5H,6-14H2,(H,21,26,27). The maximum Gasteiger partial charge on any atom is 0.416 e. The highest BCUT2D eigenvalue weighted by molar-refractivity contribution is 8.76. The SMILES string of the molecule is O=C(CCOCCSSCCOC(=O)NC(=O)OCc1ccccc1)ON1C(=O)CCC1=O. The number of carbonyl (C=O) groups is 5. The smallest absolute Gasteiger partial charge is 0.416 e. The fraction of sp³-hybridized carbons (Fsp3) is 0.450. The lowest BCUT2D eigenvalue weighted by Crippen LogP contribution is -2.32. The van der Waals surface area contributed by atoms with Gasteiger partial charge in [0.2, 0.25) is 0 Å². The molecule has 13 heteroatoms. The molecule has 0 saturated carbocycles. The molecule has 1 aliphatic rings. The molecule has 1 aliphatic heterocycles. The Bertz CT molecular complexity index is 807. The zero-order valence-corrected chi connectivity index (χ0v) is 19.3. The van der Waals surface area contributed by atoms with Crippen LogP contribution in [0.2, 0.25) is 0 Å². The number of alkyl carbamates (subject to hydrolysis) is 2. The number of nitrogens with zero attached hydrogens (tertiary/aromatic N) is 1. The summed E-state index contributed by atoms with van der Waals surface area (Å²) in [4.78, 5) is 62.0. The Labute approximate surface area is 198 Å². The van der Waals surface area contributed by atoms with Crippen LogP contribution in [-0.2, 0) is 40.0 Å². The second kappa shape index (κ2) is 15.1. The van der Waals surface area contributed by atoms with Crippen LogP contribution in [0.4, 0.5) is 9.59 Å². The molecule has 0 spiro atoms. The van der Waals surface area contributed by atoms with E-state index in [1.54, 1.807) is 12.1 Å². The van der Waals surface area contributed by atoms with Gasteiger partial charge in [-0.1, -0.05) is 51.9 Å². The molecule has 1 aromatic carbocycles. The summed E-state index contributed by atoms with van der Waals surface area (Å²) in [5.41, 5.74) is 0.799. The van der Waals surface area contributed by atoms with Crippen LogP contribution in [0.3, 0.4) is 0 Å². The number of hydroxylamine groups is 2. The van der Waals surface area contributed by atoms with Crippen molar-refractivity contribution in [1.29, 1.82) is 0 Å². The summed E-state index contributed by atoms with van der Waals surface area (Å²) in [5, 5.41) is 2.48. The van der Waals surface area contributed by atoms with Crippen molar-refractivity contribution < 1.29 is 43.0 Å². The average Bonchev–Trinajstić information content (AvgIpc) is 3.11. The maximum atomic E-state index is 11.6. The molecule has 1 aromatic rings. The molecule has 0 radical (unpaired) electrons. The second-order valence-electron chi connectivity index (χ2n) is 6.37. The van der Waals surface area contributed by atoms with Crippen molar-refractivity contribution in [3.05, 3.63) is 35.9 Å². The van der Waals surface area contributed by atoms with Crippen molar-refractivity contribution in [3.8, 4) is 0 Å². The van der Waals surface area contributed by atoms with Gasteiger partial charge in [-0.3, -0.25) is 9.59 Å². The Kier molecular flexibility index (Phi) is 12.1. The van der Waals surface area contributed by atoms with Crippen molar-refractivity contribution in [2.45, 2.75) is 25.9 Å². The Morgan fingerprint density at radius 1 is 0.879 bits per heavy atom. The summed E-state index contributed by atoms with van der Waals surface area (Å²) < 4.78 is 15.1. The molecule has 0 aromatic heterocycles. The number of hydrogen-bond donors (Lipinski definition) is 1. The lowest BCUT2D eigenvalue weighted by molar-refractivity contribution is -0.198. The Balaban J connectivity index is 1.38. The van der Waals surface area contributed by atoms with Crippen LogP contribution < -0.4 is 5.32 Å². The molecule has 1 N–H and O–H groups in total. The number of ether oxygens (including phenoxy) is 3. The van der Waals surface area contributed by atoms with Crippen LogP contribution in [0.5, 0.6) is 0 Å². The van der Waals surface area contributed by atoms with Gasteiger partial charge in [0.15, 0.2) is 0 Å². The van der Waals surface area contributed by atoms with Crippen molar-refractivity contribution in [2.24, 2.45) is 0 Å². The Morgan fingerprint density at radius 2 is 1.52 bits per heavy atom. The van der Waals surface area contributed by atoms with Gasteiger partial charge in [0, 0.05) is 24.3 Å². The topological polar surface area (TPSA) is 138 Å². The molecule has 0 bridgehead atoms. The predicted octanol–water partition coefficient (Wildman–Crippen LogP) is 2.44.